The Morgan fingerprint density at radius 2 is 1.75 bits per heavy atom. The van der Waals surface area contributed by atoms with Crippen molar-refractivity contribution in [2.45, 2.75) is 0 Å². The van der Waals surface area contributed by atoms with E-state index < -0.39 is 0 Å². The van der Waals surface area contributed by atoms with Gasteiger partial charge in [-0.15, -0.1) is 0 Å². The Morgan fingerprint density at radius 3 is 2.42 bits per heavy atom. The maximum absolute atomic E-state index is 9.17. The summed E-state index contributed by atoms with van der Waals surface area (Å²) in [5.41, 5.74) is 1.33. The van der Waals surface area contributed by atoms with E-state index in [9.17, 15) is 5.26 Å². The van der Waals surface area contributed by atoms with Crippen LogP contribution >= 0.6 is 0 Å². The van der Waals surface area contributed by atoms with Crippen LogP contribution in [0.2, 0.25) is 0 Å². The lowest BCUT2D eigenvalue weighted by Crippen LogP contribution is -2.02. The maximum Gasteiger partial charge on any atom is 0.163 e. The third kappa shape index (κ3) is 2.37. The van der Waals surface area contributed by atoms with Gasteiger partial charge in [0, 0.05) is 16.8 Å². The molecule has 0 bridgehead atoms. The molecule has 0 saturated heterocycles. The lowest BCUT2D eigenvalue weighted by Gasteiger charge is -2.10. The molecule has 0 spiro atoms. The predicted octanol–water partition coefficient (Wildman–Crippen LogP) is 3.83. The lowest BCUT2D eigenvalue weighted by atomic mass is 10.1. The maximum atomic E-state index is 9.17. The van der Waals surface area contributed by atoms with Crippen molar-refractivity contribution in [3.8, 4) is 24.0 Å². The Morgan fingerprint density at radius 1 is 1.00 bits per heavy atom. The van der Waals surface area contributed by atoms with Crippen LogP contribution < -0.4 is 10.1 Å². The highest BCUT2D eigenvalue weighted by Crippen LogP contribution is 2.36. The summed E-state index contributed by atoms with van der Waals surface area (Å²) >= 11 is 0. The number of methoxy groups -OCH3 is 1. The van der Waals surface area contributed by atoms with Gasteiger partial charge in [-0.25, -0.2) is 0 Å². The van der Waals surface area contributed by atoms with Gasteiger partial charge in [-0.2, -0.15) is 15.8 Å². The van der Waals surface area contributed by atoms with Crippen LogP contribution in [0.5, 0.6) is 5.75 Å². The van der Waals surface area contributed by atoms with Crippen molar-refractivity contribution in [1.29, 1.82) is 15.8 Å². The first-order valence-electron chi connectivity index (χ1n) is 6.92. The van der Waals surface area contributed by atoms with Crippen LogP contribution in [-0.2, 0) is 0 Å². The van der Waals surface area contributed by atoms with Crippen molar-refractivity contribution in [3.05, 3.63) is 47.7 Å². The molecule has 3 rings (SSSR count). The van der Waals surface area contributed by atoms with Crippen molar-refractivity contribution in [1.82, 2.24) is 0 Å². The molecule has 0 aliphatic heterocycles. The summed E-state index contributed by atoms with van der Waals surface area (Å²) in [6, 6.07) is 16.3. The van der Waals surface area contributed by atoms with Gasteiger partial charge in [-0.3, -0.25) is 0 Å². The Hall–Kier alpha value is -3.95. The average Bonchev–Trinajstić information content (AvgIpc) is 2.98. The molecule has 6 nitrogen and oxygen atoms in total. The number of nitrogens with zero attached hydrogens (tertiary/aromatic N) is 3. The molecule has 1 aromatic heterocycles. The molecule has 0 atom stereocenters. The highest BCUT2D eigenvalue weighted by Gasteiger charge is 2.14. The number of benzene rings is 2. The van der Waals surface area contributed by atoms with Crippen LogP contribution in [0, 0.1) is 34.0 Å². The number of nitriles is 3. The van der Waals surface area contributed by atoms with Crippen molar-refractivity contribution in [2.24, 2.45) is 0 Å². The molecule has 0 amide bonds. The van der Waals surface area contributed by atoms with Gasteiger partial charge in [0.1, 0.15) is 40.8 Å². The van der Waals surface area contributed by atoms with E-state index in [1.807, 2.05) is 30.3 Å². The van der Waals surface area contributed by atoms with E-state index in [1.165, 1.54) is 7.11 Å². The van der Waals surface area contributed by atoms with E-state index in [1.54, 1.807) is 24.3 Å². The van der Waals surface area contributed by atoms with Gasteiger partial charge >= 0.3 is 0 Å². The van der Waals surface area contributed by atoms with Crippen LogP contribution in [0.15, 0.2) is 52.1 Å². The quantitative estimate of drug-likeness (QED) is 0.736. The standard InChI is InChI=1S/C18H10N4O2/c1-23-18-6-13-12-4-2-3-5-16(12)24-17(13)7-14(18)22-15(10-21)11(8-19)9-20/h2-7,22H,1H3. The number of fused-ring (bicyclic) bond motifs is 3. The van der Waals surface area contributed by atoms with Crippen molar-refractivity contribution in [2.75, 3.05) is 12.4 Å². The minimum atomic E-state index is -0.302. The van der Waals surface area contributed by atoms with Crippen LogP contribution in [0.25, 0.3) is 21.9 Å². The number of hydrogen-bond acceptors (Lipinski definition) is 6. The number of anilines is 1. The molecular weight excluding hydrogens is 304 g/mol. The molecule has 3 aromatic rings. The van der Waals surface area contributed by atoms with E-state index in [0.29, 0.717) is 17.0 Å². The van der Waals surface area contributed by atoms with Crippen molar-refractivity contribution in [3.63, 3.8) is 0 Å². The van der Waals surface area contributed by atoms with E-state index in [2.05, 4.69) is 5.32 Å². The lowest BCUT2D eigenvalue weighted by molar-refractivity contribution is 0.417. The Bertz CT molecular complexity index is 1090. The number of nitrogens with one attached hydrogen (secondary N) is 1. The zero-order valence-electron chi connectivity index (χ0n) is 12.6. The van der Waals surface area contributed by atoms with E-state index >= 15 is 0 Å². The molecular formula is C18H10N4O2. The molecule has 0 unspecified atom stereocenters. The zero-order valence-corrected chi connectivity index (χ0v) is 12.6. The molecule has 0 fully saturated rings. The first-order valence-corrected chi connectivity index (χ1v) is 6.92. The Balaban J connectivity index is 2.20. The molecule has 1 heterocycles. The van der Waals surface area contributed by atoms with Gasteiger partial charge in [-0.1, -0.05) is 18.2 Å². The minimum absolute atomic E-state index is 0.145. The van der Waals surface area contributed by atoms with E-state index in [0.717, 1.165) is 16.4 Å². The van der Waals surface area contributed by atoms with Crippen molar-refractivity contribution < 1.29 is 9.15 Å². The Labute approximate surface area is 137 Å². The fourth-order valence-corrected chi connectivity index (χ4v) is 2.44. The number of rotatable bonds is 3. The first kappa shape index (κ1) is 15.0. The van der Waals surface area contributed by atoms with Crippen LogP contribution in [0.4, 0.5) is 5.69 Å². The molecule has 2 aromatic carbocycles. The second-order valence-corrected chi connectivity index (χ2v) is 4.86. The largest absolute Gasteiger partial charge is 0.495 e. The highest BCUT2D eigenvalue weighted by atomic mass is 16.5. The third-order valence-electron chi connectivity index (χ3n) is 3.54. The summed E-state index contributed by atoms with van der Waals surface area (Å²) in [6.07, 6.45) is 0. The number of hydrogen-bond donors (Lipinski definition) is 1. The smallest absolute Gasteiger partial charge is 0.163 e. The summed E-state index contributed by atoms with van der Waals surface area (Å²) in [5.74, 6) is 0.469. The minimum Gasteiger partial charge on any atom is -0.495 e. The summed E-state index contributed by atoms with van der Waals surface area (Å²) in [5, 5.41) is 31.6. The number of furan rings is 1. The fourth-order valence-electron chi connectivity index (χ4n) is 2.44. The molecule has 24 heavy (non-hydrogen) atoms. The summed E-state index contributed by atoms with van der Waals surface area (Å²) in [4.78, 5) is 0. The highest BCUT2D eigenvalue weighted by molar-refractivity contribution is 6.06. The van der Waals surface area contributed by atoms with Crippen LogP contribution in [0.1, 0.15) is 0 Å². The molecule has 0 aliphatic carbocycles. The predicted molar refractivity (Wildman–Crippen MR) is 87.8 cm³/mol. The third-order valence-corrected chi connectivity index (χ3v) is 3.54. The summed E-state index contributed by atoms with van der Waals surface area (Å²) in [7, 11) is 1.50. The molecule has 0 aliphatic rings. The van der Waals surface area contributed by atoms with E-state index in [-0.39, 0.29) is 11.3 Å². The average molecular weight is 314 g/mol. The van der Waals surface area contributed by atoms with Gasteiger partial charge in [0.05, 0.1) is 12.8 Å². The molecule has 6 heteroatoms. The van der Waals surface area contributed by atoms with E-state index in [4.69, 9.17) is 19.7 Å². The second kappa shape index (κ2) is 6.04. The number of para-hydroxylation sites is 1. The van der Waals surface area contributed by atoms with Crippen LogP contribution in [-0.4, -0.2) is 7.11 Å². The number of ether oxygens (including phenoxy) is 1. The molecule has 114 valence electrons. The van der Waals surface area contributed by atoms with Gasteiger partial charge in [0.15, 0.2) is 5.57 Å². The van der Waals surface area contributed by atoms with Gasteiger partial charge in [0.2, 0.25) is 0 Å². The SMILES string of the molecule is COc1cc2c(cc1NC(C#N)=C(C#N)C#N)oc1ccccc12. The zero-order chi connectivity index (χ0) is 17.1. The monoisotopic (exact) mass is 314 g/mol. The topological polar surface area (TPSA) is 106 Å². The Kier molecular flexibility index (Phi) is 3.77. The summed E-state index contributed by atoms with van der Waals surface area (Å²) in [6.45, 7) is 0. The van der Waals surface area contributed by atoms with Gasteiger partial charge < -0.3 is 14.5 Å². The summed E-state index contributed by atoms with van der Waals surface area (Å²) < 4.78 is 11.2. The molecule has 0 saturated carbocycles. The fraction of sp³-hybridized carbons (Fsp3) is 0.0556. The van der Waals surface area contributed by atoms with Gasteiger partial charge in [-0.05, 0) is 12.1 Å². The normalized spacial score (nSPS) is 9.75. The second-order valence-electron chi connectivity index (χ2n) is 4.86. The van der Waals surface area contributed by atoms with Gasteiger partial charge in [0.25, 0.3) is 0 Å². The number of allylic oxidation sites excluding steroid dienone is 2. The molecule has 1 N–H and O–H groups in total. The first-order chi connectivity index (χ1) is 11.7. The van der Waals surface area contributed by atoms with Crippen LogP contribution in [0.3, 0.4) is 0 Å². The van der Waals surface area contributed by atoms with Crippen molar-refractivity contribution >= 4 is 27.6 Å². The molecule has 0 radical (unpaired) electrons.